The van der Waals surface area contributed by atoms with Crippen LogP contribution in [0.1, 0.15) is 44.9 Å². The first-order valence-electron chi connectivity index (χ1n) is 5.59. The number of rotatable bonds is 2. The fourth-order valence-electron chi connectivity index (χ4n) is 1.77. The van der Waals surface area contributed by atoms with E-state index < -0.39 is 0 Å². The first kappa shape index (κ1) is 9.56. The van der Waals surface area contributed by atoms with Crippen molar-refractivity contribution >= 4 is 6.03 Å². The van der Waals surface area contributed by atoms with E-state index in [9.17, 15) is 4.79 Å². The molecule has 2 aliphatic rings. The SMILES string of the molecule is O=C(NC=C1CCCCC1)NC1CC1. The van der Waals surface area contributed by atoms with Gasteiger partial charge in [-0.05, 0) is 38.5 Å². The van der Waals surface area contributed by atoms with Gasteiger partial charge in [0.25, 0.3) is 0 Å². The topological polar surface area (TPSA) is 41.1 Å². The number of allylic oxidation sites excluding steroid dienone is 1. The highest BCUT2D eigenvalue weighted by Gasteiger charge is 2.22. The van der Waals surface area contributed by atoms with Crippen LogP contribution in [0.15, 0.2) is 11.8 Å². The van der Waals surface area contributed by atoms with E-state index in [-0.39, 0.29) is 6.03 Å². The van der Waals surface area contributed by atoms with Crippen molar-refractivity contribution < 1.29 is 4.79 Å². The molecule has 0 unspecified atom stereocenters. The molecule has 2 fully saturated rings. The Kier molecular flexibility index (Phi) is 3.07. The average molecular weight is 194 g/mol. The second-order valence-corrected chi connectivity index (χ2v) is 4.26. The van der Waals surface area contributed by atoms with Crippen molar-refractivity contribution in [2.45, 2.75) is 51.0 Å². The van der Waals surface area contributed by atoms with Crippen LogP contribution in [0.25, 0.3) is 0 Å². The number of urea groups is 1. The van der Waals surface area contributed by atoms with Crippen molar-refractivity contribution in [2.75, 3.05) is 0 Å². The number of carbonyl (C=O) groups is 1. The second-order valence-electron chi connectivity index (χ2n) is 4.26. The van der Waals surface area contributed by atoms with E-state index in [0.717, 1.165) is 25.7 Å². The molecule has 0 heterocycles. The highest BCUT2D eigenvalue weighted by molar-refractivity contribution is 5.75. The van der Waals surface area contributed by atoms with Gasteiger partial charge in [0.2, 0.25) is 0 Å². The smallest absolute Gasteiger partial charge is 0.318 e. The molecule has 0 aromatic carbocycles. The maximum Gasteiger partial charge on any atom is 0.318 e. The van der Waals surface area contributed by atoms with Crippen LogP contribution in [0.3, 0.4) is 0 Å². The number of nitrogens with one attached hydrogen (secondary N) is 2. The van der Waals surface area contributed by atoms with Gasteiger partial charge in [-0.3, -0.25) is 0 Å². The molecule has 0 aromatic heterocycles. The van der Waals surface area contributed by atoms with E-state index in [1.165, 1.54) is 24.8 Å². The summed E-state index contributed by atoms with van der Waals surface area (Å²) in [5, 5.41) is 5.71. The van der Waals surface area contributed by atoms with Gasteiger partial charge >= 0.3 is 6.03 Å². The summed E-state index contributed by atoms with van der Waals surface area (Å²) >= 11 is 0. The molecule has 2 amide bonds. The van der Waals surface area contributed by atoms with Gasteiger partial charge in [-0.25, -0.2) is 4.79 Å². The summed E-state index contributed by atoms with van der Waals surface area (Å²) in [6.07, 6.45) is 10.4. The summed E-state index contributed by atoms with van der Waals surface area (Å²) in [6.45, 7) is 0. The van der Waals surface area contributed by atoms with Crippen LogP contribution < -0.4 is 10.6 Å². The maximum atomic E-state index is 11.3. The Balaban J connectivity index is 1.70. The predicted molar refractivity (Wildman–Crippen MR) is 55.9 cm³/mol. The largest absolute Gasteiger partial charge is 0.335 e. The minimum Gasteiger partial charge on any atom is -0.335 e. The zero-order valence-electron chi connectivity index (χ0n) is 8.51. The number of amides is 2. The third-order valence-corrected chi connectivity index (χ3v) is 2.82. The molecule has 0 radical (unpaired) electrons. The fraction of sp³-hybridized carbons (Fsp3) is 0.727. The third kappa shape index (κ3) is 3.05. The van der Waals surface area contributed by atoms with Gasteiger partial charge in [-0.1, -0.05) is 12.0 Å². The van der Waals surface area contributed by atoms with Crippen molar-refractivity contribution in [1.82, 2.24) is 10.6 Å². The molecular weight excluding hydrogens is 176 g/mol. The van der Waals surface area contributed by atoms with Gasteiger partial charge in [0.1, 0.15) is 0 Å². The van der Waals surface area contributed by atoms with Crippen LogP contribution in [0.5, 0.6) is 0 Å². The first-order chi connectivity index (χ1) is 6.84. The van der Waals surface area contributed by atoms with Crippen molar-refractivity contribution in [3.8, 4) is 0 Å². The van der Waals surface area contributed by atoms with Gasteiger partial charge in [-0.15, -0.1) is 0 Å². The quantitative estimate of drug-likeness (QED) is 0.695. The normalized spacial score (nSPS) is 21.6. The lowest BCUT2D eigenvalue weighted by Crippen LogP contribution is -2.33. The third-order valence-electron chi connectivity index (χ3n) is 2.82. The van der Waals surface area contributed by atoms with E-state index in [1.54, 1.807) is 0 Å². The molecule has 2 aliphatic carbocycles. The Morgan fingerprint density at radius 3 is 2.57 bits per heavy atom. The second kappa shape index (κ2) is 4.49. The Hall–Kier alpha value is -0.990. The van der Waals surface area contributed by atoms with E-state index >= 15 is 0 Å². The minimum atomic E-state index is -0.0365. The molecule has 0 atom stereocenters. The standard InChI is InChI=1S/C11H18N2O/c14-11(13-10-6-7-10)12-8-9-4-2-1-3-5-9/h8,10H,1-7H2,(H2,12,13,14). The molecule has 0 bridgehead atoms. The lowest BCUT2D eigenvalue weighted by molar-refractivity contribution is 0.243. The summed E-state index contributed by atoms with van der Waals surface area (Å²) in [4.78, 5) is 11.3. The molecule has 0 spiro atoms. The Labute approximate surface area is 84.9 Å². The summed E-state index contributed by atoms with van der Waals surface area (Å²) in [5.41, 5.74) is 1.39. The van der Waals surface area contributed by atoms with E-state index in [2.05, 4.69) is 10.6 Å². The molecule has 2 N–H and O–H groups in total. The molecule has 0 aliphatic heterocycles. The molecule has 0 saturated heterocycles. The Morgan fingerprint density at radius 1 is 1.21 bits per heavy atom. The predicted octanol–water partition coefficient (Wildman–Crippen LogP) is 2.30. The van der Waals surface area contributed by atoms with Crippen LogP contribution in [-0.4, -0.2) is 12.1 Å². The summed E-state index contributed by atoms with van der Waals surface area (Å²) in [6, 6.07) is 0.408. The van der Waals surface area contributed by atoms with Crippen molar-refractivity contribution in [1.29, 1.82) is 0 Å². The number of carbonyl (C=O) groups excluding carboxylic acids is 1. The van der Waals surface area contributed by atoms with E-state index in [0.29, 0.717) is 6.04 Å². The molecule has 78 valence electrons. The Morgan fingerprint density at radius 2 is 1.93 bits per heavy atom. The molecule has 2 rings (SSSR count). The van der Waals surface area contributed by atoms with Crippen molar-refractivity contribution in [3.63, 3.8) is 0 Å². The van der Waals surface area contributed by atoms with Gasteiger partial charge in [0.05, 0.1) is 0 Å². The van der Waals surface area contributed by atoms with Gasteiger partial charge in [0.15, 0.2) is 0 Å². The van der Waals surface area contributed by atoms with Gasteiger partial charge in [-0.2, -0.15) is 0 Å². The van der Waals surface area contributed by atoms with Crippen molar-refractivity contribution in [2.24, 2.45) is 0 Å². The van der Waals surface area contributed by atoms with Gasteiger partial charge in [0, 0.05) is 12.2 Å². The molecule has 3 heteroatoms. The average Bonchev–Trinajstić information content (AvgIpc) is 3.00. The minimum absolute atomic E-state index is 0.0365. The van der Waals surface area contributed by atoms with Crippen LogP contribution in [0, 0.1) is 0 Å². The summed E-state index contributed by atoms with van der Waals surface area (Å²) in [7, 11) is 0. The van der Waals surface area contributed by atoms with Crippen LogP contribution in [0.2, 0.25) is 0 Å². The highest BCUT2D eigenvalue weighted by atomic mass is 16.2. The van der Waals surface area contributed by atoms with Crippen LogP contribution >= 0.6 is 0 Å². The fourth-order valence-corrected chi connectivity index (χ4v) is 1.77. The van der Waals surface area contributed by atoms with Crippen LogP contribution in [-0.2, 0) is 0 Å². The zero-order valence-corrected chi connectivity index (χ0v) is 8.51. The summed E-state index contributed by atoms with van der Waals surface area (Å²) in [5.74, 6) is 0. The molecule has 3 nitrogen and oxygen atoms in total. The highest BCUT2D eigenvalue weighted by Crippen LogP contribution is 2.22. The van der Waals surface area contributed by atoms with Crippen molar-refractivity contribution in [3.05, 3.63) is 11.8 Å². The Bertz CT molecular complexity index is 236. The maximum absolute atomic E-state index is 11.3. The number of hydrogen-bond acceptors (Lipinski definition) is 1. The molecule has 0 aromatic rings. The monoisotopic (exact) mass is 194 g/mol. The lowest BCUT2D eigenvalue weighted by atomic mass is 9.96. The zero-order chi connectivity index (χ0) is 9.80. The summed E-state index contributed by atoms with van der Waals surface area (Å²) < 4.78 is 0. The van der Waals surface area contributed by atoms with E-state index in [1.807, 2.05) is 6.20 Å². The van der Waals surface area contributed by atoms with E-state index in [4.69, 9.17) is 0 Å². The molecular formula is C11H18N2O. The first-order valence-corrected chi connectivity index (χ1v) is 5.59. The number of hydrogen-bond donors (Lipinski definition) is 2. The van der Waals surface area contributed by atoms with Crippen LogP contribution in [0.4, 0.5) is 4.79 Å². The molecule has 2 saturated carbocycles. The lowest BCUT2D eigenvalue weighted by Gasteiger charge is -2.13. The molecule has 14 heavy (non-hydrogen) atoms. The van der Waals surface area contributed by atoms with Gasteiger partial charge < -0.3 is 10.6 Å².